The molecule has 0 unspecified atom stereocenters. The predicted octanol–water partition coefficient (Wildman–Crippen LogP) is 1.81. The van der Waals surface area contributed by atoms with E-state index in [-0.39, 0.29) is 30.1 Å². The van der Waals surface area contributed by atoms with Gasteiger partial charge in [0.05, 0.1) is 23.9 Å². The lowest BCUT2D eigenvalue weighted by Crippen LogP contribution is -2.62. The van der Waals surface area contributed by atoms with E-state index >= 15 is 0 Å². The first-order chi connectivity index (χ1) is 12.1. The summed E-state index contributed by atoms with van der Waals surface area (Å²) in [5.41, 5.74) is 0.834. The number of para-hydroxylation sites is 1. The molecule has 0 bridgehead atoms. The van der Waals surface area contributed by atoms with Crippen LogP contribution in [0.3, 0.4) is 0 Å². The zero-order valence-electron chi connectivity index (χ0n) is 14.6. The van der Waals surface area contributed by atoms with E-state index in [9.17, 15) is 9.90 Å². The summed E-state index contributed by atoms with van der Waals surface area (Å²) in [5.74, 6) is 0.0884. The minimum absolute atomic E-state index is 0.0884. The Kier molecular flexibility index (Phi) is 4.25. The summed E-state index contributed by atoms with van der Waals surface area (Å²) in [5, 5.41) is 15.7. The van der Waals surface area contributed by atoms with E-state index in [0.717, 1.165) is 30.2 Å². The van der Waals surface area contributed by atoms with Crippen LogP contribution in [0.25, 0.3) is 10.9 Å². The van der Waals surface area contributed by atoms with Gasteiger partial charge in [0.15, 0.2) is 0 Å². The van der Waals surface area contributed by atoms with E-state index < -0.39 is 0 Å². The van der Waals surface area contributed by atoms with Crippen molar-refractivity contribution in [2.45, 2.75) is 44.9 Å². The molecule has 1 spiro atoms. The van der Waals surface area contributed by atoms with Gasteiger partial charge < -0.3 is 14.7 Å². The zero-order valence-corrected chi connectivity index (χ0v) is 14.6. The van der Waals surface area contributed by atoms with Crippen molar-refractivity contribution in [2.24, 2.45) is 5.41 Å². The number of benzene rings is 1. The van der Waals surface area contributed by atoms with Crippen LogP contribution in [0, 0.1) is 5.41 Å². The van der Waals surface area contributed by atoms with Gasteiger partial charge in [0.25, 0.3) is 0 Å². The van der Waals surface area contributed by atoms with Crippen molar-refractivity contribution >= 4 is 16.8 Å². The Morgan fingerprint density at radius 1 is 1.36 bits per heavy atom. The molecule has 1 aromatic carbocycles. The molecule has 25 heavy (non-hydrogen) atoms. The summed E-state index contributed by atoms with van der Waals surface area (Å²) in [7, 11) is 0. The molecule has 2 aromatic rings. The molecule has 6 heteroatoms. The van der Waals surface area contributed by atoms with Crippen LogP contribution in [0.2, 0.25) is 0 Å². The van der Waals surface area contributed by atoms with Crippen LogP contribution >= 0.6 is 0 Å². The fourth-order valence-corrected chi connectivity index (χ4v) is 4.37. The Bertz CT molecular complexity index is 762. The molecule has 1 aliphatic heterocycles. The molecule has 2 fully saturated rings. The van der Waals surface area contributed by atoms with Gasteiger partial charge in [-0.3, -0.25) is 9.48 Å². The summed E-state index contributed by atoms with van der Waals surface area (Å²) < 4.78 is 7.56. The van der Waals surface area contributed by atoms with E-state index in [4.69, 9.17) is 4.74 Å². The molecular weight excluding hydrogens is 318 g/mol. The van der Waals surface area contributed by atoms with Gasteiger partial charge in [0, 0.05) is 36.9 Å². The van der Waals surface area contributed by atoms with Crippen molar-refractivity contribution in [3.8, 4) is 0 Å². The molecule has 134 valence electrons. The Hall–Kier alpha value is -1.92. The van der Waals surface area contributed by atoms with Gasteiger partial charge in [-0.2, -0.15) is 5.10 Å². The van der Waals surface area contributed by atoms with Gasteiger partial charge >= 0.3 is 0 Å². The molecule has 2 aliphatic rings. The maximum Gasteiger partial charge on any atom is 0.244 e. The number of amides is 1. The predicted molar refractivity (Wildman–Crippen MR) is 94.0 cm³/mol. The largest absolute Gasteiger partial charge is 0.392 e. The summed E-state index contributed by atoms with van der Waals surface area (Å²) in [6.45, 7) is 4.29. The fraction of sp³-hybridized carbons (Fsp3) is 0.579. The molecule has 1 aromatic heterocycles. The molecule has 1 N–H and O–H groups in total. The van der Waals surface area contributed by atoms with Gasteiger partial charge in [-0.25, -0.2) is 0 Å². The number of likely N-dealkylation sites (tertiary alicyclic amines) is 1. The van der Waals surface area contributed by atoms with Crippen molar-refractivity contribution in [3.05, 3.63) is 30.5 Å². The highest BCUT2D eigenvalue weighted by atomic mass is 16.5. The maximum atomic E-state index is 12.7. The first-order valence-electron chi connectivity index (χ1n) is 9.12. The monoisotopic (exact) mass is 343 g/mol. The van der Waals surface area contributed by atoms with Gasteiger partial charge in [-0.1, -0.05) is 18.2 Å². The van der Waals surface area contributed by atoms with Crippen molar-refractivity contribution in [1.82, 2.24) is 14.7 Å². The van der Waals surface area contributed by atoms with Crippen LogP contribution in [0.15, 0.2) is 30.5 Å². The molecule has 4 rings (SSSR count). The smallest absolute Gasteiger partial charge is 0.244 e. The van der Waals surface area contributed by atoms with Gasteiger partial charge in [-0.05, 0) is 25.8 Å². The number of aliphatic hydroxyl groups excluding tert-OH is 1. The molecule has 2 heterocycles. The molecule has 1 saturated carbocycles. The summed E-state index contributed by atoms with van der Waals surface area (Å²) in [6, 6.07) is 7.92. The number of rotatable bonds is 4. The normalized spacial score (nSPS) is 25.3. The number of ether oxygens (including phenoxy) is 1. The Morgan fingerprint density at radius 2 is 2.12 bits per heavy atom. The quantitative estimate of drug-likeness (QED) is 0.919. The second kappa shape index (κ2) is 6.42. The van der Waals surface area contributed by atoms with Crippen LogP contribution in [0.5, 0.6) is 0 Å². The second-order valence-electron chi connectivity index (χ2n) is 7.17. The minimum Gasteiger partial charge on any atom is -0.392 e. The Labute approximate surface area is 147 Å². The molecule has 2 atom stereocenters. The standard InChI is InChI=1S/C19H25N3O3/c1-2-25-17-11-16(23)19(17)7-9-21(10-8-19)18(24)13-22-15-6-4-3-5-14(15)12-20-22/h3-6,12,16-17,23H,2,7-11,13H2,1H3/t16-,17+/m0/s1. The summed E-state index contributed by atoms with van der Waals surface area (Å²) in [6.07, 6.45) is 3.98. The van der Waals surface area contributed by atoms with Gasteiger partial charge in [0.2, 0.25) is 5.91 Å². The fourth-order valence-electron chi connectivity index (χ4n) is 4.37. The van der Waals surface area contributed by atoms with Crippen molar-refractivity contribution in [2.75, 3.05) is 19.7 Å². The number of carbonyl (C=O) groups excluding carboxylic acids is 1. The van der Waals surface area contributed by atoms with E-state index in [1.54, 1.807) is 10.9 Å². The highest BCUT2D eigenvalue weighted by Crippen LogP contribution is 2.50. The van der Waals surface area contributed by atoms with Crippen LogP contribution in [0.4, 0.5) is 0 Å². The van der Waals surface area contributed by atoms with E-state index in [1.165, 1.54) is 0 Å². The maximum absolute atomic E-state index is 12.7. The summed E-state index contributed by atoms with van der Waals surface area (Å²) >= 11 is 0. The SMILES string of the molecule is CCO[C@@H]1C[C@H](O)C12CCN(C(=O)Cn1ncc3ccccc31)CC2. The number of nitrogens with zero attached hydrogens (tertiary/aromatic N) is 3. The Morgan fingerprint density at radius 3 is 2.84 bits per heavy atom. The third-order valence-corrected chi connectivity index (χ3v) is 5.99. The number of aliphatic hydroxyl groups is 1. The Balaban J connectivity index is 1.40. The lowest BCUT2D eigenvalue weighted by Gasteiger charge is -2.56. The molecule has 1 saturated heterocycles. The highest BCUT2D eigenvalue weighted by molar-refractivity contribution is 5.82. The number of carbonyl (C=O) groups is 1. The summed E-state index contributed by atoms with van der Waals surface area (Å²) in [4.78, 5) is 14.6. The van der Waals surface area contributed by atoms with Gasteiger partial charge in [0.1, 0.15) is 6.54 Å². The lowest BCUT2D eigenvalue weighted by atomic mass is 9.58. The van der Waals surface area contributed by atoms with Crippen LogP contribution in [0.1, 0.15) is 26.2 Å². The van der Waals surface area contributed by atoms with Crippen molar-refractivity contribution < 1.29 is 14.6 Å². The third-order valence-electron chi connectivity index (χ3n) is 5.99. The molecular formula is C19H25N3O3. The average molecular weight is 343 g/mol. The molecule has 1 amide bonds. The average Bonchev–Trinajstić information content (AvgIpc) is 3.05. The van der Waals surface area contributed by atoms with Crippen molar-refractivity contribution in [1.29, 1.82) is 0 Å². The number of fused-ring (bicyclic) bond motifs is 1. The first kappa shape index (κ1) is 16.5. The van der Waals surface area contributed by atoms with Crippen LogP contribution < -0.4 is 0 Å². The molecule has 6 nitrogen and oxygen atoms in total. The molecule has 0 radical (unpaired) electrons. The molecule has 1 aliphatic carbocycles. The van der Waals surface area contributed by atoms with E-state index in [2.05, 4.69) is 5.10 Å². The second-order valence-corrected chi connectivity index (χ2v) is 7.17. The zero-order chi connectivity index (χ0) is 17.4. The number of piperidine rings is 1. The van der Waals surface area contributed by atoms with E-state index in [0.29, 0.717) is 19.7 Å². The van der Waals surface area contributed by atoms with Gasteiger partial charge in [-0.15, -0.1) is 0 Å². The van der Waals surface area contributed by atoms with Crippen molar-refractivity contribution in [3.63, 3.8) is 0 Å². The highest BCUT2D eigenvalue weighted by Gasteiger charge is 2.56. The number of aromatic nitrogens is 2. The number of hydrogen-bond donors (Lipinski definition) is 1. The lowest BCUT2D eigenvalue weighted by molar-refractivity contribution is -0.210. The first-order valence-corrected chi connectivity index (χ1v) is 9.12. The number of hydrogen-bond acceptors (Lipinski definition) is 4. The van der Waals surface area contributed by atoms with Crippen LogP contribution in [-0.2, 0) is 16.1 Å². The minimum atomic E-state index is -0.295. The van der Waals surface area contributed by atoms with Crippen LogP contribution in [-0.4, -0.2) is 57.6 Å². The third kappa shape index (κ3) is 2.73. The topological polar surface area (TPSA) is 67.6 Å². The van der Waals surface area contributed by atoms with E-state index in [1.807, 2.05) is 36.1 Å².